The molecule has 1 aromatic heterocycles. The average Bonchev–Trinajstić information content (AvgIpc) is 3.31. The summed E-state index contributed by atoms with van der Waals surface area (Å²) >= 11 is 0. The molecule has 0 unspecified atom stereocenters. The Morgan fingerprint density at radius 1 is 0.733 bits per heavy atom. The predicted molar refractivity (Wildman–Crippen MR) is 127 cm³/mol. The topological polar surface area (TPSA) is 3.88 Å². The number of rotatable bonds is 3. The van der Waals surface area contributed by atoms with Gasteiger partial charge in [-0.1, -0.05) is 50.3 Å². The van der Waals surface area contributed by atoms with Gasteiger partial charge in [0, 0.05) is 6.07 Å². The van der Waals surface area contributed by atoms with Crippen molar-refractivity contribution < 1.29 is 4.57 Å². The fourth-order valence-electron chi connectivity index (χ4n) is 6.04. The van der Waals surface area contributed by atoms with Gasteiger partial charge in [-0.05, 0) is 91.1 Å². The van der Waals surface area contributed by atoms with Crippen LogP contribution < -0.4 is 4.57 Å². The highest BCUT2D eigenvalue weighted by Gasteiger charge is 2.24. The van der Waals surface area contributed by atoms with Gasteiger partial charge in [0.1, 0.15) is 7.05 Å². The lowest BCUT2D eigenvalue weighted by Crippen LogP contribution is -2.31. The molecule has 2 fully saturated rings. The molecule has 0 saturated heterocycles. The molecule has 0 bridgehead atoms. The van der Waals surface area contributed by atoms with Crippen molar-refractivity contribution in [2.75, 3.05) is 0 Å². The Morgan fingerprint density at radius 3 is 2.13 bits per heavy atom. The first-order valence-electron chi connectivity index (χ1n) is 12.2. The Labute approximate surface area is 182 Å². The third-order valence-corrected chi connectivity index (χ3v) is 8.01. The second kappa shape index (κ2) is 8.17. The summed E-state index contributed by atoms with van der Waals surface area (Å²) in [4.78, 5) is 0. The van der Waals surface area contributed by atoms with Gasteiger partial charge in [-0.25, -0.2) is 4.57 Å². The zero-order chi connectivity index (χ0) is 20.7. The molecule has 3 aromatic rings. The van der Waals surface area contributed by atoms with E-state index < -0.39 is 0 Å². The lowest BCUT2D eigenvalue weighted by atomic mass is 9.83. The van der Waals surface area contributed by atoms with Gasteiger partial charge >= 0.3 is 0 Å². The van der Waals surface area contributed by atoms with Crippen molar-refractivity contribution in [1.82, 2.24) is 0 Å². The van der Waals surface area contributed by atoms with E-state index in [4.69, 9.17) is 0 Å². The van der Waals surface area contributed by atoms with Crippen LogP contribution in [0.2, 0.25) is 0 Å². The maximum Gasteiger partial charge on any atom is 0.220 e. The highest BCUT2D eigenvalue weighted by atomic mass is 14.9. The molecule has 2 aliphatic rings. The summed E-state index contributed by atoms with van der Waals surface area (Å²) in [7, 11) is 2.21. The molecule has 30 heavy (non-hydrogen) atoms. The van der Waals surface area contributed by atoms with Crippen LogP contribution in [0.3, 0.4) is 0 Å². The second-order valence-electron chi connectivity index (χ2n) is 9.95. The van der Waals surface area contributed by atoms with E-state index in [9.17, 15) is 0 Å². The molecule has 1 heteroatoms. The van der Waals surface area contributed by atoms with Crippen LogP contribution in [-0.4, -0.2) is 0 Å². The van der Waals surface area contributed by atoms with Crippen molar-refractivity contribution in [3.63, 3.8) is 0 Å². The largest absolute Gasteiger partial charge is 0.220 e. The molecule has 2 saturated carbocycles. The lowest BCUT2D eigenvalue weighted by Gasteiger charge is -2.22. The summed E-state index contributed by atoms with van der Waals surface area (Å²) < 4.78 is 2.34. The number of nitrogens with zero attached hydrogens (tertiary/aromatic N) is 1. The molecule has 2 aliphatic carbocycles. The van der Waals surface area contributed by atoms with Crippen LogP contribution in [0.1, 0.15) is 91.9 Å². The smallest absolute Gasteiger partial charge is 0.200 e. The molecule has 0 N–H and O–H groups in total. The van der Waals surface area contributed by atoms with Gasteiger partial charge in [0.25, 0.3) is 0 Å². The highest BCUT2D eigenvalue weighted by molar-refractivity contribution is 5.94. The van der Waals surface area contributed by atoms with Crippen LogP contribution in [0, 0.1) is 13.8 Å². The first-order chi connectivity index (χ1) is 14.6. The molecule has 0 radical (unpaired) electrons. The maximum absolute atomic E-state index is 2.52. The Morgan fingerprint density at radius 2 is 1.40 bits per heavy atom. The summed E-state index contributed by atoms with van der Waals surface area (Å²) in [6, 6.07) is 14.6. The summed E-state index contributed by atoms with van der Waals surface area (Å²) in [5, 5.41) is 2.79. The number of aryl methyl sites for hydroxylation is 2. The highest BCUT2D eigenvalue weighted by Crippen LogP contribution is 2.39. The van der Waals surface area contributed by atoms with Crippen molar-refractivity contribution in [3.8, 4) is 11.3 Å². The number of hydrogen-bond donors (Lipinski definition) is 0. The van der Waals surface area contributed by atoms with E-state index in [-0.39, 0.29) is 0 Å². The summed E-state index contributed by atoms with van der Waals surface area (Å²) in [5.74, 6) is 1.51. The third-order valence-electron chi connectivity index (χ3n) is 8.01. The van der Waals surface area contributed by atoms with Crippen molar-refractivity contribution >= 4 is 10.8 Å². The Bertz CT molecular complexity index is 1070. The summed E-state index contributed by atoms with van der Waals surface area (Å²) in [6.45, 7) is 4.60. The van der Waals surface area contributed by atoms with Crippen molar-refractivity contribution in [2.24, 2.45) is 7.05 Å². The average molecular weight is 399 g/mol. The number of benzene rings is 2. The van der Waals surface area contributed by atoms with Gasteiger partial charge in [-0.2, -0.15) is 0 Å². The molecule has 0 spiro atoms. The SMILES string of the molecule is Cc1cc(C2CCCC2)cc(-c2c3ccc(C4CCCCC4)cc3cc[n+]2C)c1C. The van der Waals surface area contributed by atoms with Gasteiger partial charge < -0.3 is 0 Å². The van der Waals surface area contributed by atoms with E-state index in [0.29, 0.717) is 0 Å². The standard InChI is InChI=1S/C29H36N/c1-20-17-26(23-11-7-8-12-23)19-28(21(20)2)29-27-14-13-24(22-9-5-4-6-10-22)18-25(27)15-16-30(29)3/h13-19,22-23H,4-12H2,1-3H3/q+1. The molecular formula is C29H36N+. The number of pyridine rings is 1. The van der Waals surface area contributed by atoms with Gasteiger partial charge in [0.2, 0.25) is 5.69 Å². The number of aromatic nitrogens is 1. The fourth-order valence-corrected chi connectivity index (χ4v) is 6.04. The molecule has 1 nitrogen and oxygen atoms in total. The Kier molecular flexibility index (Phi) is 5.39. The first kappa shape index (κ1) is 19.8. The van der Waals surface area contributed by atoms with E-state index in [1.165, 1.54) is 90.9 Å². The van der Waals surface area contributed by atoms with E-state index >= 15 is 0 Å². The minimum Gasteiger partial charge on any atom is -0.200 e. The van der Waals surface area contributed by atoms with Crippen molar-refractivity contribution in [1.29, 1.82) is 0 Å². The Balaban J connectivity index is 1.64. The predicted octanol–water partition coefficient (Wildman–Crippen LogP) is 7.65. The first-order valence-corrected chi connectivity index (χ1v) is 12.2. The zero-order valence-corrected chi connectivity index (χ0v) is 19.0. The fraction of sp³-hybridized carbons (Fsp3) is 0.483. The van der Waals surface area contributed by atoms with Gasteiger partial charge in [-0.15, -0.1) is 0 Å². The maximum atomic E-state index is 2.52. The van der Waals surface area contributed by atoms with E-state index in [1.807, 2.05) is 0 Å². The van der Waals surface area contributed by atoms with Crippen LogP contribution in [0.4, 0.5) is 0 Å². The van der Waals surface area contributed by atoms with Gasteiger partial charge in [-0.3, -0.25) is 0 Å². The normalized spacial score (nSPS) is 18.4. The van der Waals surface area contributed by atoms with Crippen LogP contribution >= 0.6 is 0 Å². The molecule has 0 amide bonds. The zero-order valence-electron chi connectivity index (χ0n) is 19.0. The van der Waals surface area contributed by atoms with Crippen molar-refractivity contribution in [2.45, 2.75) is 83.5 Å². The minimum absolute atomic E-state index is 0.751. The van der Waals surface area contributed by atoms with Gasteiger partial charge in [0.15, 0.2) is 6.20 Å². The van der Waals surface area contributed by atoms with Crippen molar-refractivity contribution in [3.05, 3.63) is 64.8 Å². The molecular weight excluding hydrogens is 362 g/mol. The van der Waals surface area contributed by atoms with Crippen LogP contribution in [0.5, 0.6) is 0 Å². The molecule has 5 rings (SSSR count). The molecule has 1 heterocycles. The minimum atomic E-state index is 0.751. The van der Waals surface area contributed by atoms with Crippen LogP contribution in [0.15, 0.2) is 42.6 Å². The Hall–Kier alpha value is -2.15. The third kappa shape index (κ3) is 3.57. The number of fused-ring (bicyclic) bond motifs is 1. The molecule has 0 aliphatic heterocycles. The quantitative estimate of drug-likeness (QED) is 0.399. The van der Waals surface area contributed by atoms with E-state index in [0.717, 1.165) is 11.8 Å². The van der Waals surface area contributed by atoms with Crippen LogP contribution in [-0.2, 0) is 7.05 Å². The van der Waals surface area contributed by atoms with Gasteiger partial charge in [0.05, 0.1) is 10.9 Å². The summed E-state index contributed by atoms with van der Waals surface area (Å²) in [5.41, 5.74) is 8.77. The molecule has 156 valence electrons. The van der Waals surface area contributed by atoms with E-state index in [2.05, 4.69) is 68.1 Å². The monoisotopic (exact) mass is 398 g/mol. The summed E-state index contributed by atoms with van der Waals surface area (Å²) in [6.07, 6.45) is 14.7. The number of hydrogen-bond acceptors (Lipinski definition) is 0. The lowest BCUT2D eigenvalue weighted by molar-refractivity contribution is -0.659. The molecule has 0 atom stereocenters. The van der Waals surface area contributed by atoms with Crippen LogP contribution in [0.25, 0.3) is 22.0 Å². The molecule has 2 aromatic carbocycles. The second-order valence-corrected chi connectivity index (χ2v) is 9.95. The van der Waals surface area contributed by atoms with E-state index in [1.54, 1.807) is 11.1 Å².